The number of aromatic nitrogens is 2. The van der Waals surface area contributed by atoms with Gasteiger partial charge in [-0.1, -0.05) is 6.07 Å². The second kappa shape index (κ2) is 9.05. The summed E-state index contributed by atoms with van der Waals surface area (Å²) in [5.74, 6) is -0.852. The first-order valence-corrected chi connectivity index (χ1v) is 10.0. The summed E-state index contributed by atoms with van der Waals surface area (Å²) in [7, 11) is 2.76. The number of benzene rings is 2. The van der Waals surface area contributed by atoms with E-state index in [1.807, 2.05) is 0 Å². The second-order valence-corrected chi connectivity index (χ2v) is 7.17. The molecule has 0 bridgehead atoms. The van der Waals surface area contributed by atoms with Crippen LogP contribution < -0.4 is 9.47 Å². The fourth-order valence-corrected chi connectivity index (χ4v) is 3.65. The Hall–Kier alpha value is -3.94. The van der Waals surface area contributed by atoms with Crippen LogP contribution in [0.2, 0.25) is 0 Å². The largest absolute Gasteiger partial charge is 0.493 e. The van der Waals surface area contributed by atoms with Crippen molar-refractivity contribution in [2.75, 3.05) is 14.2 Å². The molecule has 0 fully saturated rings. The fraction of sp³-hybridized carbons (Fsp3) is 0.208. The highest BCUT2D eigenvalue weighted by Gasteiger charge is 2.28. The maximum Gasteiger partial charge on any atom is 0.364 e. The van der Waals surface area contributed by atoms with Gasteiger partial charge in [0.25, 0.3) is 0 Å². The van der Waals surface area contributed by atoms with Crippen molar-refractivity contribution in [3.05, 3.63) is 76.9 Å². The first kappa shape index (κ1) is 21.3. The molecule has 0 unspecified atom stereocenters. The quantitative estimate of drug-likeness (QED) is 0.331. The Morgan fingerprint density at radius 3 is 2.56 bits per heavy atom. The molecule has 0 saturated carbocycles. The van der Waals surface area contributed by atoms with E-state index in [9.17, 15) is 14.0 Å². The van der Waals surface area contributed by atoms with Crippen LogP contribution in [0, 0.1) is 5.82 Å². The zero-order valence-corrected chi connectivity index (χ0v) is 17.6. The van der Waals surface area contributed by atoms with E-state index >= 15 is 0 Å². The molecule has 0 atom stereocenters. The first-order valence-electron chi connectivity index (χ1n) is 10.0. The topological polar surface area (TPSA) is 79.7 Å². The maximum atomic E-state index is 13.3. The Labute approximate surface area is 184 Å². The first-order chi connectivity index (χ1) is 15.5. The van der Waals surface area contributed by atoms with Crippen molar-refractivity contribution in [1.82, 2.24) is 9.78 Å². The summed E-state index contributed by atoms with van der Waals surface area (Å²) in [6, 6.07) is 10.9. The molecule has 0 spiro atoms. The van der Waals surface area contributed by atoms with Crippen molar-refractivity contribution in [1.29, 1.82) is 0 Å². The third-order valence-corrected chi connectivity index (χ3v) is 5.20. The number of methoxy groups -OCH3 is 2. The Kier molecular flexibility index (Phi) is 6.02. The molecule has 0 aliphatic heterocycles. The number of esters is 2. The number of nitrogens with zero attached hydrogens (tertiary/aromatic N) is 2. The van der Waals surface area contributed by atoms with Crippen LogP contribution in [0.25, 0.3) is 11.8 Å². The number of carbonyl (C=O) groups is 2. The maximum absolute atomic E-state index is 13.3. The second-order valence-electron chi connectivity index (χ2n) is 7.17. The van der Waals surface area contributed by atoms with Crippen molar-refractivity contribution >= 4 is 18.0 Å². The SMILES string of the molecule is COC(=O)/C=C/c1ccc(OC(=O)c2nn(-c3ccc(F)cc3)c3c2CCC3)c(OC)c1. The van der Waals surface area contributed by atoms with Crippen molar-refractivity contribution < 1.29 is 28.2 Å². The number of carbonyl (C=O) groups excluding carboxylic acids is 2. The lowest BCUT2D eigenvalue weighted by molar-refractivity contribution is -0.134. The normalized spacial score (nSPS) is 12.6. The summed E-state index contributed by atoms with van der Waals surface area (Å²) in [6.07, 6.45) is 5.25. The zero-order chi connectivity index (χ0) is 22.7. The van der Waals surface area contributed by atoms with Gasteiger partial charge in [0.05, 0.1) is 19.9 Å². The molecule has 0 radical (unpaired) electrons. The van der Waals surface area contributed by atoms with Gasteiger partial charge in [-0.25, -0.2) is 18.7 Å². The molecule has 3 aromatic rings. The number of fused-ring (bicyclic) bond motifs is 1. The van der Waals surface area contributed by atoms with Gasteiger partial charge in [0.2, 0.25) is 0 Å². The van der Waals surface area contributed by atoms with Gasteiger partial charge in [-0.2, -0.15) is 5.10 Å². The van der Waals surface area contributed by atoms with Gasteiger partial charge in [0.1, 0.15) is 5.82 Å². The van der Waals surface area contributed by atoms with Crippen LogP contribution >= 0.6 is 0 Å². The molecule has 1 aromatic heterocycles. The predicted molar refractivity (Wildman–Crippen MR) is 115 cm³/mol. The lowest BCUT2D eigenvalue weighted by atomic mass is 10.2. The molecule has 1 aliphatic carbocycles. The highest BCUT2D eigenvalue weighted by molar-refractivity contribution is 5.92. The predicted octanol–water partition coefficient (Wildman–Crippen LogP) is 3.91. The zero-order valence-electron chi connectivity index (χ0n) is 17.6. The molecular formula is C24H21FN2O5. The van der Waals surface area contributed by atoms with Crippen LogP contribution in [0.3, 0.4) is 0 Å². The van der Waals surface area contributed by atoms with E-state index in [2.05, 4.69) is 9.84 Å². The van der Waals surface area contributed by atoms with Crippen LogP contribution in [-0.4, -0.2) is 35.9 Å². The van der Waals surface area contributed by atoms with Crippen LogP contribution in [0.15, 0.2) is 48.5 Å². The highest BCUT2D eigenvalue weighted by Crippen LogP contribution is 2.32. The van der Waals surface area contributed by atoms with E-state index in [0.717, 1.165) is 30.5 Å². The van der Waals surface area contributed by atoms with E-state index in [-0.39, 0.29) is 17.3 Å². The minimum absolute atomic E-state index is 0.232. The van der Waals surface area contributed by atoms with Crippen LogP contribution in [0.4, 0.5) is 4.39 Å². The molecule has 4 rings (SSSR count). The van der Waals surface area contributed by atoms with Crippen molar-refractivity contribution in [3.63, 3.8) is 0 Å². The lowest BCUT2D eigenvalue weighted by Crippen LogP contribution is -2.13. The Bertz CT molecular complexity index is 1200. The van der Waals surface area contributed by atoms with Gasteiger partial charge in [-0.05, 0) is 67.3 Å². The molecule has 32 heavy (non-hydrogen) atoms. The van der Waals surface area contributed by atoms with E-state index in [1.165, 1.54) is 32.4 Å². The van der Waals surface area contributed by atoms with Gasteiger partial charge in [-0.15, -0.1) is 0 Å². The summed E-state index contributed by atoms with van der Waals surface area (Å²) in [5.41, 5.74) is 3.37. The summed E-state index contributed by atoms with van der Waals surface area (Å²) < 4.78 is 30.5. The number of hydrogen-bond donors (Lipinski definition) is 0. The molecule has 1 heterocycles. The van der Waals surface area contributed by atoms with Gasteiger partial charge in [0, 0.05) is 17.3 Å². The molecule has 0 saturated heterocycles. The Balaban J connectivity index is 1.61. The summed E-state index contributed by atoms with van der Waals surface area (Å²) in [6.45, 7) is 0. The summed E-state index contributed by atoms with van der Waals surface area (Å²) >= 11 is 0. The third-order valence-electron chi connectivity index (χ3n) is 5.20. The molecule has 8 heteroatoms. The van der Waals surface area contributed by atoms with Gasteiger partial charge >= 0.3 is 11.9 Å². The molecule has 0 N–H and O–H groups in total. The van der Waals surface area contributed by atoms with E-state index < -0.39 is 11.9 Å². The lowest BCUT2D eigenvalue weighted by Gasteiger charge is -2.09. The average molecular weight is 436 g/mol. The van der Waals surface area contributed by atoms with E-state index in [4.69, 9.17) is 9.47 Å². The van der Waals surface area contributed by atoms with Gasteiger partial charge in [-0.3, -0.25) is 0 Å². The molecule has 1 aliphatic rings. The molecule has 2 aromatic carbocycles. The number of halogens is 1. The highest BCUT2D eigenvalue weighted by atomic mass is 19.1. The average Bonchev–Trinajstić information content (AvgIpc) is 3.41. The van der Waals surface area contributed by atoms with E-state index in [0.29, 0.717) is 17.0 Å². The van der Waals surface area contributed by atoms with Crippen molar-refractivity contribution in [3.8, 4) is 17.2 Å². The van der Waals surface area contributed by atoms with Crippen LogP contribution in [-0.2, 0) is 22.4 Å². The summed E-state index contributed by atoms with van der Waals surface area (Å²) in [5, 5.41) is 4.48. The minimum atomic E-state index is -0.597. The molecular weight excluding hydrogens is 415 g/mol. The fourth-order valence-electron chi connectivity index (χ4n) is 3.65. The van der Waals surface area contributed by atoms with Crippen molar-refractivity contribution in [2.45, 2.75) is 19.3 Å². The van der Waals surface area contributed by atoms with Crippen LogP contribution in [0.5, 0.6) is 11.5 Å². The summed E-state index contributed by atoms with van der Waals surface area (Å²) in [4.78, 5) is 24.3. The number of rotatable bonds is 6. The smallest absolute Gasteiger partial charge is 0.364 e. The Morgan fingerprint density at radius 1 is 1.06 bits per heavy atom. The van der Waals surface area contributed by atoms with Crippen molar-refractivity contribution in [2.24, 2.45) is 0 Å². The van der Waals surface area contributed by atoms with Gasteiger partial charge in [0.15, 0.2) is 17.2 Å². The molecule has 0 amide bonds. The van der Waals surface area contributed by atoms with Crippen LogP contribution in [0.1, 0.15) is 33.7 Å². The molecule has 164 valence electrons. The Morgan fingerprint density at radius 2 is 1.84 bits per heavy atom. The molecule has 7 nitrogen and oxygen atoms in total. The van der Waals surface area contributed by atoms with E-state index in [1.54, 1.807) is 41.1 Å². The number of hydrogen-bond acceptors (Lipinski definition) is 6. The standard InChI is InChI=1S/C24H21FN2O5/c1-30-21-14-15(7-13-22(28)31-2)6-12-20(21)32-24(29)23-18-4-3-5-19(18)27(26-23)17-10-8-16(25)9-11-17/h6-14H,3-5H2,1-2H3/b13-7+. The third kappa shape index (κ3) is 4.25. The van der Waals surface area contributed by atoms with Gasteiger partial charge < -0.3 is 14.2 Å². The number of ether oxygens (including phenoxy) is 3. The monoisotopic (exact) mass is 436 g/mol. The minimum Gasteiger partial charge on any atom is -0.493 e.